The molecule has 0 saturated carbocycles. The first-order valence-corrected chi connectivity index (χ1v) is 12.3. The number of aliphatic imine (C=N–C) groups is 1. The van der Waals surface area contributed by atoms with Crippen LogP contribution in [0, 0.1) is 5.92 Å². The summed E-state index contributed by atoms with van der Waals surface area (Å²) in [5.74, 6) is -6.48. The van der Waals surface area contributed by atoms with E-state index in [0.717, 1.165) is 0 Å². The average Bonchev–Trinajstić information content (AvgIpc) is 2.81. The van der Waals surface area contributed by atoms with Crippen molar-refractivity contribution in [1.29, 1.82) is 0 Å². The van der Waals surface area contributed by atoms with Crippen molar-refractivity contribution in [3.05, 3.63) is 0 Å². The van der Waals surface area contributed by atoms with E-state index >= 15 is 0 Å². The summed E-state index contributed by atoms with van der Waals surface area (Å²) in [7, 11) is 0. The van der Waals surface area contributed by atoms with Gasteiger partial charge in [0.2, 0.25) is 23.6 Å². The SMILES string of the molecule is CC(C)C[C@H](NC(=O)[C@H](CC(=O)O)NC(=O)CNC(=O)[C@@H](N)CCCN=C(N)N)C(=O)N[C@@H](CS)C(=O)O. The zero-order valence-electron chi connectivity index (χ0n) is 21.3. The predicted octanol–water partition coefficient (Wildman–Crippen LogP) is -3.53. The van der Waals surface area contributed by atoms with Gasteiger partial charge in [0.1, 0.15) is 18.1 Å². The Morgan fingerprint density at radius 1 is 0.895 bits per heavy atom. The van der Waals surface area contributed by atoms with Gasteiger partial charge in [0.05, 0.1) is 19.0 Å². The van der Waals surface area contributed by atoms with Crippen molar-refractivity contribution in [2.75, 3.05) is 18.8 Å². The third-order valence-electron chi connectivity index (χ3n) is 4.90. The average molecular weight is 563 g/mol. The van der Waals surface area contributed by atoms with Crippen LogP contribution in [0.25, 0.3) is 0 Å². The number of nitrogens with one attached hydrogen (secondary N) is 4. The summed E-state index contributed by atoms with van der Waals surface area (Å²) in [6.07, 6.45) is -0.0863. The molecular formula is C21H38N8O8S. The fourth-order valence-corrected chi connectivity index (χ4v) is 3.26. The molecule has 0 unspecified atom stereocenters. The van der Waals surface area contributed by atoms with Crippen LogP contribution in [0.4, 0.5) is 0 Å². The molecule has 12 N–H and O–H groups in total. The van der Waals surface area contributed by atoms with Crippen molar-refractivity contribution in [2.45, 2.75) is 63.7 Å². The molecule has 0 aromatic rings. The number of carboxylic acid groups (broad SMARTS) is 2. The number of hydrogen-bond donors (Lipinski definition) is 10. The number of carboxylic acids is 2. The molecular weight excluding hydrogens is 524 g/mol. The molecule has 38 heavy (non-hydrogen) atoms. The molecule has 0 aliphatic rings. The Morgan fingerprint density at radius 3 is 1.97 bits per heavy atom. The maximum absolute atomic E-state index is 12.8. The van der Waals surface area contributed by atoms with Gasteiger partial charge in [-0.1, -0.05) is 13.8 Å². The third-order valence-corrected chi connectivity index (χ3v) is 5.26. The number of carbonyl (C=O) groups is 6. The molecule has 4 atom stereocenters. The van der Waals surface area contributed by atoms with Crippen LogP contribution in [0.2, 0.25) is 0 Å². The molecule has 0 aliphatic heterocycles. The summed E-state index contributed by atoms with van der Waals surface area (Å²) in [5.41, 5.74) is 16.2. The van der Waals surface area contributed by atoms with E-state index in [1.54, 1.807) is 13.8 Å². The van der Waals surface area contributed by atoms with Gasteiger partial charge in [-0.2, -0.15) is 12.6 Å². The maximum Gasteiger partial charge on any atom is 0.327 e. The van der Waals surface area contributed by atoms with Gasteiger partial charge in [-0.3, -0.25) is 29.0 Å². The summed E-state index contributed by atoms with van der Waals surface area (Å²) in [6, 6.07) is -5.08. The van der Waals surface area contributed by atoms with Gasteiger partial charge >= 0.3 is 11.9 Å². The lowest BCUT2D eigenvalue weighted by molar-refractivity contribution is -0.142. The summed E-state index contributed by atoms with van der Waals surface area (Å²) in [4.78, 5) is 76.1. The first-order chi connectivity index (χ1) is 17.7. The molecule has 0 fully saturated rings. The van der Waals surface area contributed by atoms with Gasteiger partial charge in [-0.15, -0.1) is 0 Å². The molecule has 4 amide bonds. The van der Waals surface area contributed by atoms with Crippen LogP contribution in [0.1, 0.15) is 39.5 Å². The highest BCUT2D eigenvalue weighted by Crippen LogP contribution is 2.07. The summed E-state index contributed by atoms with van der Waals surface area (Å²) in [5, 5.41) is 27.4. The fourth-order valence-electron chi connectivity index (χ4n) is 3.01. The lowest BCUT2D eigenvalue weighted by atomic mass is 10.0. The number of amides is 4. The van der Waals surface area contributed by atoms with Crippen LogP contribution >= 0.6 is 12.6 Å². The van der Waals surface area contributed by atoms with Crippen LogP contribution in [0.5, 0.6) is 0 Å². The highest BCUT2D eigenvalue weighted by molar-refractivity contribution is 7.80. The number of nitrogens with two attached hydrogens (primary N) is 3. The van der Waals surface area contributed by atoms with Gasteiger partial charge in [-0.25, -0.2) is 4.79 Å². The number of thiol groups is 1. The second kappa shape index (κ2) is 17.8. The van der Waals surface area contributed by atoms with E-state index in [4.69, 9.17) is 22.3 Å². The second-order valence-corrected chi connectivity index (χ2v) is 9.13. The van der Waals surface area contributed by atoms with Gasteiger partial charge < -0.3 is 48.7 Å². The number of hydrogen-bond acceptors (Lipinski definition) is 9. The number of nitrogens with zero attached hydrogens (tertiary/aromatic N) is 1. The van der Waals surface area contributed by atoms with Crippen molar-refractivity contribution in [2.24, 2.45) is 28.1 Å². The van der Waals surface area contributed by atoms with Crippen molar-refractivity contribution in [3.8, 4) is 0 Å². The zero-order chi connectivity index (χ0) is 29.4. The van der Waals surface area contributed by atoms with E-state index in [-0.39, 0.29) is 37.0 Å². The molecule has 0 radical (unpaired) electrons. The minimum atomic E-state index is -1.59. The number of guanidine groups is 1. The van der Waals surface area contributed by atoms with Crippen LogP contribution in [0.15, 0.2) is 4.99 Å². The largest absolute Gasteiger partial charge is 0.481 e. The molecule has 0 aromatic heterocycles. The van der Waals surface area contributed by atoms with Gasteiger partial charge in [-0.05, 0) is 25.2 Å². The normalized spacial score (nSPS) is 13.8. The standard InChI is InChI=1S/C21H38N8O8S/c1-10(2)6-12(18(34)29-14(9-38)20(36)37)28-19(35)13(7-16(31)32)27-15(30)8-26-17(33)11(22)4-3-5-25-21(23)24/h10-14,38H,3-9,22H2,1-2H3,(H,26,33)(H,27,30)(H,28,35)(H,29,34)(H,31,32)(H,36,37)(H4,23,24,25)/t11-,12-,13-,14-/m0/s1. The van der Waals surface area contributed by atoms with Crippen LogP contribution in [0.3, 0.4) is 0 Å². The second-order valence-electron chi connectivity index (χ2n) is 8.76. The molecule has 16 nitrogen and oxygen atoms in total. The lowest BCUT2D eigenvalue weighted by Crippen LogP contribution is -2.57. The highest BCUT2D eigenvalue weighted by atomic mass is 32.1. The van der Waals surface area contributed by atoms with Gasteiger partial charge in [0, 0.05) is 12.3 Å². The van der Waals surface area contributed by atoms with Crippen LogP contribution < -0.4 is 38.5 Å². The topological polar surface area (TPSA) is 281 Å². The van der Waals surface area contributed by atoms with Gasteiger partial charge in [0.25, 0.3) is 0 Å². The molecule has 17 heteroatoms. The molecule has 0 bridgehead atoms. The van der Waals surface area contributed by atoms with Crippen LogP contribution in [-0.4, -0.2) is 94.7 Å². The summed E-state index contributed by atoms with van der Waals surface area (Å²) in [6.45, 7) is 3.17. The Bertz CT molecular complexity index is 881. The van der Waals surface area contributed by atoms with Gasteiger partial charge in [0.15, 0.2) is 5.96 Å². The zero-order valence-corrected chi connectivity index (χ0v) is 22.2. The van der Waals surface area contributed by atoms with Crippen molar-refractivity contribution in [1.82, 2.24) is 21.3 Å². The van der Waals surface area contributed by atoms with E-state index in [2.05, 4.69) is 38.9 Å². The molecule has 0 spiro atoms. The highest BCUT2D eigenvalue weighted by Gasteiger charge is 2.30. The number of rotatable bonds is 18. The lowest BCUT2D eigenvalue weighted by Gasteiger charge is -2.25. The smallest absolute Gasteiger partial charge is 0.327 e. The monoisotopic (exact) mass is 562 g/mol. The molecule has 0 saturated heterocycles. The molecule has 0 heterocycles. The summed E-state index contributed by atoms with van der Waals surface area (Å²) >= 11 is 3.87. The molecule has 216 valence electrons. The minimum Gasteiger partial charge on any atom is -0.481 e. The van der Waals surface area contributed by atoms with E-state index in [1.165, 1.54) is 0 Å². The van der Waals surface area contributed by atoms with E-state index in [0.29, 0.717) is 6.42 Å². The third kappa shape index (κ3) is 14.8. The molecule has 0 rings (SSSR count). The van der Waals surface area contributed by atoms with Crippen molar-refractivity contribution in [3.63, 3.8) is 0 Å². The Kier molecular flexibility index (Phi) is 16.1. The fraction of sp³-hybridized carbons (Fsp3) is 0.667. The minimum absolute atomic E-state index is 0.0986. The predicted molar refractivity (Wildman–Crippen MR) is 140 cm³/mol. The van der Waals surface area contributed by atoms with E-state index in [9.17, 15) is 33.9 Å². The quantitative estimate of drug-likeness (QED) is 0.0338. The van der Waals surface area contributed by atoms with E-state index in [1.807, 2.05) is 0 Å². The van der Waals surface area contributed by atoms with Crippen molar-refractivity contribution >= 4 is 54.2 Å². The maximum atomic E-state index is 12.8. The van der Waals surface area contributed by atoms with Crippen LogP contribution in [-0.2, 0) is 28.8 Å². The first-order valence-electron chi connectivity index (χ1n) is 11.7. The first kappa shape index (κ1) is 34.4. The summed E-state index contributed by atoms with van der Waals surface area (Å²) < 4.78 is 0. The number of carbonyl (C=O) groups excluding carboxylic acids is 4. The Hall–Kier alpha value is -3.60. The van der Waals surface area contributed by atoms with Crippen molar-refractivity contribution < 1.29 is 39.0 Å². The molecule has 0 aromatic carbocycles. The van der Waals surface area contributed by atoms with E-state index < -0.39 is 72.7 Å². The molecule has 0 aliphatic carbocycles. The Balaban J connectivity index is 5.18. The Labute approximate surface area is 225 Å². The Morgan fingerprint density at radius 2 is 1.47 bits per heavy atom. The number of aliphatic carboxylic acids is 2.